The lowest BCUT2D eigenvalue weighted by molar-refractivity contribution is 0.197. The highest BCUT2D eigenvalue weighted by atomic mass is 31.2. The molecule has 3 nitrogen and oxygen atoms in total. The molecule has 0 N–H and O–H groups in total. The molecule has 2 rings (SSSR count). The zero-order chi connectivity index (χ0) is 40.7. The van der Waals surface area contributed by atoms with Crippen molar-refractivity contribution in [2.24, 2.45) is 0 Å². The van der Waals surface area contributed by atoms with Gasteiger partial charge in [-0.15, -0.1) is 0 Å². The van der Waals surface area contributed by atoms with Gasteiger partial charge in [-0.05, 0) is 77.5 Å². The minimum absolute atomic E-state index is 0.0418. The lowest BCUT2D eigenvalue weighted by Gasteiger charge is -2.34. The molecule has 0 unspecified atom stereocenters. The van der Waals surface area contributed by atoms with Crippen LogP contribution in [0.5, 0.6) is 5.75 Å². The monoisotopic (exact) mass is 780 g/mol. The Bertz CT molecular complexity index is 1270. The van der Waals surface area contributed by atoms with Crippen LogP contribution in [0.15, 0.2) is 24.3 Å². The van der Waals surface area contributed by atoms with Gasteiger partial charge in [0.25, 0.3) is 0 Å². The molecule has 0 aliphatic carbocycles. The first-order valence-corrected chi connectivity index (χ1v) is 24.1. The smallest absolute Gasteiger partial charge is 0.397 e. The van der Waals surface area contributed by atoms with Crippen molar-refractivity contribution in [1.29, 1.82) is 0 Å². The average molecular weight is 780 g/mol. The van der Waals surface area contributed by atoms with E-state index in [1.54, 1.807) is 0 Å². The molecule has 4 heteroatoms. The van der Waals surface area contributed by atoms with Crippen molar-refractivity contribution in [2.45, 2.75) is 241 Å². The minimum Gasteiger partial charge on any atom is -0.426 e. The molecule has 0 spiro atoms. The number of benzene rings is 2. The Morgan fingerprint density at radius 1 is 0.473 bits per heavy atom. The Kier molecular flexibility index (Phi) is 24.0. The van der Waals surface area contributed by atoms with E-state index in [1.165, 1.54) is 162 Å². The van der Waals surface area contributed by atoms with Crippen molar-refractivity contribution in [3.05, 3.63) is 63.7 Å². The van der Waals surface area contributed by atoms with Crippen molar-refractivity contribution < 1.29 is 13.6 Å². The largest absolute Gasteiger partial charge is 0.426 e. The summed E-state index contributed by atoms with van der Waals surface area (Å²) >= 11 is 0. The number of unbranched alkanes of at least 4 members (excludes halogenated alkanes) is 20. The van der Waals surface area contributed by atoms with Crippen LogP contribution in [0.25, 0.3) is 0 Å². The molecule has 0 fully saturated rings. The Morgan fingerprint density at radius 2 is 0.873 bits per heavy atom. The lowest BCUT2D eigenvalue weighted by atomic mass is 9.71. The van der Waals surface area contributed by atoms with Crippen molar-refractivity contribution in [1.82, 2.24) is 0 Å². The molecule has 2 aromatic carbocycles. The second-order valence-corrected chi connectivity index (χ2v) is 20.4. The molecular weight excluding hydrogens is 692 g/mol. The highest BCUT2D eigenvalue weighted by molar-refractivity contribution is 7.42. The highest BCUT2D eigenvalue weighted by Crippen LogP contribution is 2.47. The molecule has 315 valence electrons. The second-order valence-electron chi connectivity index (χ2n) is 19.3. The normalized spacial score (nSPS) is 12.6. The fourth-order valence-electron chi connectivity index (χ4n) is 7.81. The predicted octanol–water partition coefficient (Wildman–Crippen LogP) is 17.3. The summed E-state index contributed by atoms with van der Waals surface area (Å²) in [6.45, 7) is 28.9. The van der Waals surface area contributed by atoms with Crippen molar-refractivity contribution in [3.8, 4) is 5.75 Å². The van der Waals surface area contributed by atoms with Crippen molar-refractivity contribution >= 4 is 8.60 Å². The summed E-state index contributed by atoms with van der Waals surface area (Å²) in [4.78, 5) is 0. The Hall–Kier alpha value is -1.41. The first-order chi connectivity index (χ1) is 26.1. The third kappa shape index (κ3) is 19.3. The SMILES string of the molecule is CCCCCCCCCCCCCOP(OCCCCCCCCCCCCC)Oc1cc(C)c(C(C)(C)c2cc(C(C)(C)C)[c]cc2C)cc1C(C)(C)C. The molecule has 1 radical (unpaired) electrons. The van der Waals surface area contributed by atoms with Crippen LogP contribution in [-0.2, 0) is 25.3 Å². The maximum atomic E-state index is 6.83. The van der Waals surface area contributed by atoms with Crippen LogP contribution >= 0.6 is 8.60 Å². The van der Waals surface area contributed by atoms with Crippen LogP contribution in [0.3, 0.4) is 0 Å². The van der Waals surface area contributed by atoms with Crippen molar-refractivity contribution in [2.75, 3.05) is 13.2 Å². The number of rotatable bonds is 30. The van der Waals surface area contributed by atoms with Gasteiger partial charge in [-0.3, -0.25) is 0 Å². The summed E-state index contributed by atoms with van der Waals surface area (Å²) in [5.41, 5.74) is 7.42. The van der Waals surface area contributed by atoms with E-state index >= 15 is 0 Å². The summed E-state index contributed by atoms with van der Waals surface area (Å²) in [7, 11) is -1.50. The van der Waals surface area contributed by atoms with E-state index in [0.29, 0.717) is 13.2 Å². The van der Waals surface area contributed by atoms with Crippen molar-refractivity contribution in [3.63, 3.8) is 0 Å². The van der Waals surface area contributed by atoms with E-state index in [-0.39, 0.29) is 16.2 Å². The van der Waals surface area contributed by atoms with Crippen LogP contribution < -0.4 is 4.52 Å². The molecule has 0 amide bonds. The maximum Gasteiger partial charge on any atom is 0.397 e. The minimum atomic E-state index is -1.50. The molecule has 0 heterocycles. The molecule has 0 aromatic heterocycles. The average Bonchev–Trinajstić information content (AvgIpc) is 3.11. The van der Waals surface area contributed by atoms with E-state index < -0.39 is 8.60 Å². The number of hydrogen-bond acceptors (Lipinski definition) is 3. The zero-order valence-corrected chi connectivity index (χ0v) is 39.3. The Balaban J connectivity index is 2.12. The van der Waals surface area contributed by atoms with Gasteiger partial charge in [0.1, 0.15) is 5.75 Å². The maximum absolute atomic E-state index is 6.83. The van der Waals surface area contributed by atoms with Gasteiger partial charge in [0, 0.05) is 11.0 Å². The van der Waals surface area contributed by atoms with Crippen LogP contribution in [-0.4, -0.2) is 13.2 Å². The quantitative estimate of drug-likeness (QED) is 0.0584. The standard InChI is InChI=1S/C51H88O3P/c1-13-15-17-19-21-23-25-27-29-31-33-37-52-55(53-38-34-32-30-28-26-24-22-20-18-16-14-2)54-48-39-43(4)46(41-47(48)50(8,9)10)51(11,12)45-40-44(49(5,6)7)36-35-42(45)3/h35,39-41H,13-34,37-38H2,1-12H3. The molecule has 0 saturated heterocycles. The van der Waals surface area contributed by atoms with E-state index in [1.807, 2.05) is 0 Å². The van der Waals surface area contributed by atoms with Gasteiger partial charge in [-0.25, -0.2) is 0 Å². The van der Waals surface area contributed by atoms with Gasteiger partial charge >= 0.3 is 8.60 Å². The summed E-state index contributed by atoms with van der Waals surface area (Å²) in [6.07, 6.45) is 29.2. The van der Waals surface area contributed by atoms with E-state index in [9.17, 15) is 0 Å². The van der Waals surface area contributed by atoms with Gasteiger partial charge in [0.2, 0.25) is 0 Å². The van der Waals surface area contributed by atoms with Gasteiger partial charge in [-0.1, -0.05) is 216 Å². The van der Waals surface area contributed by atoms with Gasteiger partial charge in [0.05, 0.1) is 13.2 Å². The molecule has 0 aliphatic heterocycles. The first kappa shape index (κ1) is 49.7. The molecule has 0 bridgehead atoms. The molecule has 55 heavy (non-hydrogen) atoms. The summed E-state index contributed by atoms with van der Waals surface area (Å²) < 4.78 is 19.8. The predicted molar refractivity (Wildman–Crippen MR) is 243 cm³/mol. The van der Waals surface area contributed by atoms with Crippen LogP contribution in [0.4, 0.5) is 0 Å². The molecular formula is C51H88O3P. The van der Waals surface area contributed by atoms with Gasteiger partial charge < -0.3 is 13.6 Å². The number of aryl methyl sites for hydroxylation is 2. The second kappa shape index (κ2) is 26.6. The summed E-state index contributed by atoms with van der Waals surface area (Å²) in [5.74, 6) is 0.905. The fourth-order valence-corrected chi connectivity index (χ4v) is 8.86. The Morgan fingerprint density at radius 3 is 1.27 bits per heavy atom. The molecule has 0 saturated carbocycles. The molecule has 2 aromatic rings. The zero-order valence-electron chi connectivity index (χ0n) is 38.5. The van der Waals surface area contributed by atoms with Crippen LogP contribution in [0.1, 0.15) is 244 Å². The van der Waals surface area contributed by atoms with E-state index in [0.717, 1.165) is 18.6 Å². The topological polar surface area (TPSA) is 27.7 Å². The summed E-state index contributed by atoms with van der Waals surface area (Å²) in [5, 5.41) is 0. The van der Waals surface area contributed by atoms with E-state index in [2.05, 4.69) is 113 Å². The fraction of sp³-hybridized carbons (Fsp3) is 0.765. The number of hydrogen-bond donors (Lipinski definition) is 0. The van der Waals surface area contributed by atoms with E-state index in [4.69, 9.17) is 13.6 Å². The third-order valence-electron chi connectivity index (χ3n) is 11.5. The summed E-state index contributed by atoms with van der Waals surface area (Å²) in [6, 6.07) is 12.8. The van der Waals surface area contributed by atoms with Crippen LogP contribution in [0, 0.1) is 19.9 Å². The highest BCUT2D eigenvalue weighted by Gasteiger charge is 2.32. The molecule has 0 atom stereocenters. The van der Waals surface area contributed by atoms with Gasteiger partial charge in [0.15, 0.2) is 0 Å². The Labute approximate surface area is 344 Å². The van der Waals surface area contributed by atoms with Gasteiger partial charge in [-0.2, -0.15) is 0 Å². The third-order valence-corrected chi connectivity index (χ3v) is 12.6. The molecule has 0 aliphatic rings. The lowest BCUT2D eigenvalue weighted by Crippen LogP contribution is -2.25. The van der Waals surface area contributed by atoms with Crippen LogP contribution in [0.2, 0.25) is 0 Å². The first-order valence-electron chi connectivity index (χ1n) is 23.1.